The molecule has 25 heavy (non-hydrogen) atoms. The number of benzene rings is 2. The van der Waals surface area contributed by atoms with Gasteiger partial charge in [0.05, 0.1) is 5.41 Å². The highest BCUT2D eigenvalue weighted by atomic mass is 16.1. The van der Waals surface area contributed by atoms with E-state index in [0.29, 0.717) is 5.78 Å². The smallest absolute Gasteiger partial charge is 0.171 e. The number of fused-ring (bicyclic) bond motifs is 1. The van der Waals surface area contributed by atoms with Crippen LogP contribution in [0.15, 0.2) is 48.5 Å². The predicted octanol–water partition coefficient (Wildman–Crippen LogP) is 3.60. The molecule has 1 fully saturated rings. The second-order valence-corrected chi connectivity index (χ2v) is 7.88. The van der Waals surface area contributed by atoms with Gasteiger partial charge in [0.15, 0.2) is 5.78 Å². The third-order valence-electron chi connectivity index (χ3n) is 6.08. The number of aryl methyl sites for hydroxylation is 1. The van der Waals surface area contributed by atoms with Crippen molar-refractivity contribution in [3.05, 3.63) is 65.2 Å². The molecule has 0 unspecified atom stereocenters. The zero-order valence-electron chi connectivity index (χ0n) is 15.3. The van der Waals surface area contributed by atoms with Crippen molar-refractivity contribution in [3.63, 3.8) is 0 Å². The average Bonchev–Trinajstić information content (AvgIpc) is 2.96. The highest BCUT2D eigenvalue weighted by Gasteiger charge is 2.53. The number of ketones is 1. The number of carbonyl (C=O) groups is 1. The summed E-state index contributed by atoms with van der Waals surface area (Å²) in [6.45, 7) is 1.81. The number of nitrogens with zero attached hydrogens (tertiary/aromatic N) is 2. The second-order valence-electron chi connectivity index (χ2n) is 7.88. The first kappa shape index (κ1) is 16.3. The minimum atomic E-state index is -0.275. The molecule has 130 valence electrons. The molecule has 3 heteroatoms. The van der Waals surface area contributed by atoms with Crippen molar-refractivity contribution in [2.75, 3.05) is 39.1 Å². The van der Waals surface area contributed by atoms with Crippen LogP contribution in [0.2, 0.25) is 0 Å². The Bertz CT molecular complexity index is 796. The standard InChI is InChI=1S/C22H26N2O/c1-23(2)18-10-8-17(9-11-18)20-14-24(3)15-22(20)13-12-16-6-4-5-7-19(16)21(22)25/h4-11,20H,12-15H2,1-3H3/t20-,22+/m0/s1. The SMILES string of the molecule is CN1C[C@@H](c2ccc(N(C)C)cc2)[C@@]2(CCc3ccccc3C2=O)C1. The first-order chi connectivity index (χ1) is 12.0. The molecule has 1 heterocycles. The normalized spacial score (nSPS) is 26.0. The molecule has 0 bridgehead atoms. The summed E-state index contributed by atoms with van der Waals surface area (Å²) < 4.78 is 0. The van der Waals surface area contributed by atoms with E-state index in [0.717, 1.165) is 31.5 Å². The largest absolute Gasteiger partial charge is 0.378 e. The molecule has 4 rings (SSSR count). The van der Waals surface area contributed by atoms with Crippen molar-refractivity contribution in [3.8, 4) is 0 Å². The summed E-state index contributed by atoms with van der Waals surface area (Å²) in [5.41, 5.74) is 4.38. The maximum atomic E-state index is 13.5. The average molecular weight is 334 g/mol. The number of anilines is 1. The first-order valence-corrected chi connectivity index (χ1v) is 9.10. The lowest BCUT2D eigenvalue weighted by Crippen LogP contribution is -2.41. The molecule has 2 atom stereocenters. The van der Waals surface area contributed by atoms with Crippen LogP contribution in [0.5, 0.6) is 0 Å². The lowest BCUT2D eigenvalue weighted by Gasteiger charge is -2.38. The van der Waals surface area contributed by atoms with E-state index in [-0.39, 0.29) is 11.3 Å². The van der Waals surface area contributed by atoms with E-state index in [2.05, 4.69) is 61.3 Å². The van der Waals surface area contributed by atoms with Gasteiger partial charge < -0.3 is 9.80 Å². The van der Waals surface area contributed by atoms with E-state index < -0.39 is 0 Å². The molecule has 0 N–H and O–H groups in total. The Morgan fingerprint density at radius 3 is 2.52 bits per heavy atom. The molecular weight excluding hydrogens is 308 g/mol. The van der Waals surface area contributed by atoms with E-state index in [9.17, 15) is 4.79 Å². The van der Waals surface area contributed by atoms with E-state index in [1.54, 1.807) is 0 Å². The highest BCUT2D eigenvalue weighted by molar-refractivity contribution is 6.04. The molecule has 2 aromatic rings. The molecule has 1 saturated heterocycles. The summed E-state index contributed by atoms with van der Waals surface area (Å²) in [6.07, 6.45) is 1.95. The third kappa shape index (κ3) is 2.58. The Labute approximate surface area is 150 Å². The van der Waals surface area contributed by atoms with Crippen LogP contribution in [0.3, 0.4) is 0 Å². The fraction of sp³-hybridized carbons (Fsp3) is 0.409. The molecule has 0 saturated carbocycles. The van der Waals surface area contributed by atoms with Gasteiger partial charge in [-0.05, 0) is 43.1 Å². The number of likely N-dealkylation sites (tertiary alicyclic amines) is 1. The van der Waals surface area contributed by atoms with Crippen LogP contribution < -0.4 is 4.90 Å². The summed E-state index contributed by atoms with van der Waals surface area (Å²) in [7, 11) is 6.26. The number of hydrogen-bond acceptors (Lipinski definition) is 3. The minimum absolute atomic E-state index is 0.273. The molecule has 1 aliphatic heterocycles. The fourth-order valence-electron chi connectivity index (χ4n) is 4.75. The van der Waals surface area contributed by atoms with Crippen LogP contribution in [0.4, 0.5) is 5.69 Å². The van der Waals surface area contributed by atoms with Crippen molar-refractivity contribution in [1.29, 1.82) is 0 Å². The number of rotatable bonds is 2. The quantitative estimate of drug-likeness (QED) is 0.838. The molecule has 2 aliphatic rings. The maximum absolute atomic E-state index is 13.5. The lowest BCUT2D eigenvalue weighted by molar-refractivity contribution is 0.0746. The van der Waals surface area contributed by atoms with Crippen LogP contribution in [-0.2, 0) is 6.42 Å². The molecule has 0 radical (unpaired) electrons. The lowest BCUT2D eigenvalue weighted by atomic mass is 9.63. The number of Topliss-reactive ketones (excluding diaryl/α,β-unsaturated/α-hetero) is 1. The molecule has 0 aromatic heterocycles. The van der Waals surface area contributed by atoms with Gasteiger partial charge in [0.1, 0.15) is 0 Å². The Kier molecular flexibility index (Phi) is 3.92. The van der Waals surface area contributed by atoms with Crippen LogP contribution in [-0.4, -0.2) is 44.9 Å². The van der Waals surface area contributed by atoms with Gasteiger partial charge in [-0.2, -0.15) is 0 Å². The van der Waals surface area contributed by atoms with Gasteiger partial charge in [0.2, 0.25) is 0 Å². The van der Waals surface area contributed by atoms with Crippen LogP contribution >= 0.6 is 0 Å². The number of likely N-dealkylation sites (N-methyl/N-ethyl adjacent to an activating group) is 1. The van der Waals surface area contributed by atoms with Gasteiger partial charge in [-0.1, -0.05) is 36.4 Å². The first-order valence-electron chi connectivity index (χ1n) is 9.10. The molecule has 1 aliphatic carbocycles. The molecule has 3 nitrogen and oxygen atoms in total. The van der Waals surface area contributed by atoms with Gasteiger partial charge in [-0.15, -0.1) is 0 Å². The Balaban J connectivity index is 1.74. The summed E-state index contributed by atoms with van der Waals surface area (Å²) in [5.74, 6) is 0.620. The summed E-state index contributed by atoms with van der Waals surface area (Å²) in [6, 6.07) is 16.9. The summed E-state index contributed by atoms with van der Waals surface area (Å²) >= 11 is 0. The number of hydrogen-bond donors (Lipinski definition) is 0. The molecule has 1 spiro atoms. The monoisotopic (exact) mass is 334 g/mol. The van der Waals surface area contributed by atoms with Gasteiger partial charge in [0, 0.05) is 44.4 Å². The minimum Gasteiger partial charge on any atom is -0.378 e. The molecule has 2 aromatic carbocycles. The van der Waals surface area contributed by atoms with Crippen molar-refractivity contribution in [2.24, 2.45) is 5.41 Å². The Morgan fingerprint density at radius 1 is 1.08 bits per heavy atom. The molecule has 0 amide bonds. The molecular formula is C22H26N2O. The third-order valence-corrected chi connectivity index (χ3v) is 6.08. The summed E-state index contributed by atoms with van der Waals surface area (Å²) in [5, 5.41) is 0. The fourth-order valence-corrected chi connectivity index (χ4v) is 4.75. The predicted molar refractivity (Wildman–Crippen MR) is 103 cm³/mol. The van der Waals surface area contributed by atoms with Crippen molar-refractivity contribution >= 4 is 11.5 Å². The zero-order chi connectivity index (χ0) is 17.6. The Hall–Kier alpha value is -2.13. The van der Waals surface area contributed by atoms with Gasteiger partial charge in [-0.3, -0.25) is 4.79 Å². The van der Waals surface area contributed by atoms with E-state index >= 15 is 0 Å². The summed E-state index contributed by atoms with van der Waals surface area (Å²) in [4.78, 5) is 18.0. The van der Waals surface area contributed by atoms with E-state index in [1.165, 1.54) is 16.8 Å². The van der Waals surface area contributed by atoms with E-state index in [4.69, 9.17) is 0 Å². The van der Waals surface area contributed by atoms with Crippen LogP contribution in [0.25, 0.3) is 0 Å². The van der Waals surface area contributed by atoms with Crippen LogP contribution in [0.1, 0.15) is 33.8 Å². The van der Waals surface area contributed by atoms with E-state index in [1.807, 2.05) is 18.2 Å². The number of carbonyl (C=O) groups excluding carboxylic acids is 1. The topological polar surface area (TPSA) is 23.6 Å². The van der Waals surface area contributed by atoms with Gasteiger partial charge >= 0.3 is 0 Å². The van der Waals surface area contributed by atoms with Gasteiger partial charge in [-0.25, -0.2) is 0 Å². The van der Waals surface area contributed by atoms with Crippen LogP contribution in [0, 0.1) is 5.41 Å². The Morgan fingerprint density at radius 2 is 1.80 bits per heavy atom. The van der Waals surface area contributed by atoms with Crippen molar-refractivity contribution in [1.82, 2.24) is 4.90 Å². The highest BCUT2D eigenvalue weighted by Crippen LogP contribution is 2.50. The van der Waals surface area contributed by atoms with Crippen molar-refractivity contribution in [2.45, 2.75) is 18.8 Å². The maximum Gasteiger partial charge on any atom is 0.171 e. The second kappa shape index (κ2) is 5.99. The zero-order valence-corrected chi connectivity index (χ0v) is 15.3. The van der Waals surface area contributed by atoms with Gasteiger partial charge in [0.25, 0.3) is 0 Å². The van der Waals surface area contributed by atoms with Crippen molar-refractivity contribution < 1.29 is 4.79 Å².